The maximum Gasteiger partial charge on any atom is 0.322 e. The second-order valence-corrected chi connectivity index (χ2v) is 4.84. The highest BCUT2D eigenvalue weighted by atomic mass is 16.2. The zero-order chi connectivity index (χ0) is 12.3. The lowest BCUT2D eigenvalue weighted by Crippen LogP contribution is -2.43. The average molecular weight is 232 g/mol. The fourth-order valence-corrected chi connectivity index (χ4v) is 2.23. The number of carbonyl (C=O) groups excluding carboxylic acids is 1. The van der Waals surface area contributed by atoms with E-state index in [2.05, 4.69) is 11.4 Å². The molecule has 0 atom stereocenters. The highest BCUT2D eigenvalue weighted by Crippen LogP contribution is 2.25. The third-order valence-corrected chi connectivity index (χ3v) is 3.02. The first-order chi connectivity index (χ1) is 8.18. The van der Waals surface area contributed by atoms with Crippen LogP contribution in [0.5, 0.6) is 0 Å². The van der Waals surface area contributed by atoms with Gasteiger partial charge in [-0.25, -0.2) is 4.79 Å². The van der Waals surface area contributed by atoms with Crippen LogP contribution in [0.25, 0.3) is 0 Å². The van der Waals surface area contributed by atoms with E-state index in [0.717, 1.165) is 31.5 Å². The number of hydrogen-bond acceptors (Lipinski definition) is 1. The van der Waals surface area contributed by atoms with Gasteiger partial charge in [0.25, 0.3) is 0 Å². The Labute approximate surface area is 103 Å². The summed E-state index contributed by atoms with van der Waals surface area (Å²) in [5.74, 6) is 0. The molecule has 0 unspecified atom stereocenters. The standard InChI is InChI=1S/C14H20N2O/c1-11(2)15-14(17)16-10-6-5-8-12-7-3-4-9-13(12)16/h3-4,7,9,11H,5-6,8,10H2,1-2H3,(H,15,17). The van der Waals surface area contributed by atoms with Crippen molar-refractivity contribution < 1.29 is 4.79 Å². The quantitative estimate of drug-likeness (QED) is 0.793. The molecule has 1 aromatic rings. The number of urea groups is 1. The van der Waals surface area contributed by atoms with Crippen molar-refractivity contribution in [3.05, 3.63) is 29.8 Å². The predicted octanol–water partition coefficient (Wildman–Crippen LogP) is 2.95. The summed E-state index contributed by atoms with van der Waals surface area (Å²) in [5, 5.41) is 2.97. The zero-order valence-corrected chi connectivity index (χ0v) is 10.6. The second-order valence-electron chi connectivity index (χ2n) is 4.84. The van der Waals surface area contributed by atoms with Gasteiger partial charge in [0.1, 0.15) is 0 Å². The van der Waals surface area contributed by atoms with E-state index in [1.165, 1.54) is 5.56 Å². The Morgan fingerprint density at radius 3 is 2.82 bits per heavy atom. The van der Waals surface area contributed by atoms with E-state index < -0.39 is 0 Å². The third kappa shape index (κ3) is 2.78. The number of carbonyl (C=O) groups is 1. The number of nitrogens with zero attached hydrogens (tertiary/aromatic N) is 1. The molecule has 0 saturated heterocycles. The Morgan fingerprint density at radius 1 is 1.29 bits per heavy atom. The highest BCUT2D eigenvalue weighted by Gasteiger charge is 2.20. The molecule has 92 valence electrons. The lowest BCUT2D eigenvalue weighted by molar-refractivity contribution is 0.244. The van der Waals surface area contributed by atoms with Gasteiger partial charge in [-0.2, -0.15) is 0 Å². The van der Waals surface area contributed by atoms with Gasteiger partial charge in [0.05, 0.1) is 0 Å². The molecular formula is C14H20N2O. The molecule has 1 aliphatic rings. The minimum Gasteiger partial charge on any atom is -0.336 e. The van der Waals surface area contributed by atoms with Crippen LogP contribution in [-0.4, -0.2) is 18.6 Å². The van der Waals surface area contributed by atoms with Crippen LogP contribution in [0.15, 0.2) is 24.3 Å². The number of benzene rings is 1. The molecule has 1 aromatic carbocycles. The molecule has 2 rings (SSSR count). The van der Waals surface area contributed by atoms with Crippen molar-refractivity contribution in [2.75, 3.05) is 11.4 Å². The maximum atomic E-state index is 12.1. The van der Waals surface area contributed by atoms with E-state index in [-0.39, 0.29) is 12.1 Å². The van der Waals surface area contributed by atoms with Gasteiger partial charge < -0.3 is 5.32 Å². The molecule has 0 bridgehead atoms. The van der Waals surface area contributed by atoms with E-state index in [1.807, 2.05) is 36.9 Å². The molecular weight excluding hydrogens is 212 g/mol. The Kier molecular flexibility index (Phi) is 3.67. The maximum absolute atomic E-state index is 12.1. The van der Waals surface area contributed by atoms with Gasteiger partial charge in [0.2, 0.25) is 0 Å². The lowest BCUT2D eigenvalue weighted by Gasteiger charge is -2.24. The number of rotatable bonds is 1. The van der Waals surface area contributed by atoms with Crippen LogP contribution in [0.4, 0.5) is 10.5 Å². The largest absolute Gasteiger partial charge is 0.336 e. The summed E-state index contributed by atoms with van der Waals surface area (Å²) in [7, 11) is 0. The Hall–Kier alpha value is -1.51. The van der Waals surface area contributed by atoms with E-state index in [9.17, 15) is 4.79 Å². The van der Waals surface area contributed by atoms with Gasteiger partial charge in [-0.1, -0.05) is 18.2 Å². The molecule has 0 aromatic heterocycles. The van der Waals surface area contributed by atoms with Crippen LogP contribution in [0.3, 0.4) is 0 Å². The normalized spacial score (nSPS) is 15.4. The third-order valence-electron chi connectivity index (χ3n) is 3.02. The van der Waals surface area contributed by atoms with Crippen molar-refractivity contribution in [2.24, 2.45) is 0 Å². The van der Waals surface area contributed by atoms with Gasteiger partial charge in [-0.3, -0.25) is 4.90 Å². The fraction of sp³-hybridized carbons (Fsp3) is 0.500. The number of aryl methyl sites for hydroxylation is 1. The average Bonchev–Trinajstić information content (AvgIpc) is 2.50. The molecule has 0 aliphatic carbocycles. The summed E-state index contributed by atoms with van der Waals surface area (Å²) in [6.45, 7) is 4.79. The van der Waals surface area contributed by atoms with E-state index in [0.29, 0.717) is 0 Å². The molecule has 0 spiro atoms. The van der Waals surface area contributed by atoms with E-state index in [1.54, 1.807) is 0 Å². The number of fused-ring (bicyclic) bond motifs is 1. The predicted molar refractivity (Wildman–Crippen MR) is 70.4 cm³/mol. The molecule has 1 N–H and O–H groups in total. The first-order valence-corrected chi connectivity index (χ1v) is 6.34. The van der Waals surface area contributed by atoms with Gasteiger partial charge in [-0.05, 0) is 44.7 Å². The SMILES string of the molecule is CC(C)NC(=O)N1CCCCc2ccccc21. The summed E-state index contributed by atoms with van der Waals surface area (Å²) in [6.07, 6.45) is 3.30. The number of para-hydroxylation sites is 1. The lowest BCUT2D eigenvalue weighted by atomic mass is 10.1. The highest BCUT2D eigenvalue weighted by molar-refractivity contribution is 5.93. The van der Waals surface area contributed by atoms with Crippen molar-refractivity contribution in [1.82, 2.24) is 5.32 Å². The Morgan fingerprint density at radius 2 is 2.06 bits per heavy atom. The summed E-state index contributed by atoms with van der Waals surface area (Å²) in [6, 6.07) is 8.41. The fourth-order valence-electron chi connectivity index (χ4n) is 2.23. The number of amides is 2. The summed E-state index contributed by atoms with van der Waals surface area (Å²) in [5.41, 5.74) is 2.35. The molecule has 17 heavy (non-hydrogen) atoms. The molecule has 0 saturated carbocycles. The summed E-state index contributed by atoms with van der Waals surface area (Å²) < 4.78 is 0. The molecule has 0 radical (unpaired) electrons. The minimum atomic E-state index is 0.0225. The molecule has 3 heteroatoms. The first kappa shape index (κ1) is 12.0. The Balaban J connectivity index is 2.25. The monoisotopic (exact) mass is 232 g/mol. The summed E-state index contributed by atoms with van der Waals surface area (Å²) in [4.78, 5) is 14.0. The van der Waals surface area contributed by atoms with Crippen molar-refractivity contribution in [2.45, 2.75) is 39.2 Å². The topological polar surface area (TPSA) is 32.3 Å². The summed E-state index contributed by atoms with van der Waals surface area (Å²) >= 11 is 0. The molecule has 2 amide bonds. The van der Waals surface area contributed by atoms with Crippen LogP contribution in [0.1, 0.15) is 32.3 Å². The van der Waals surface area contributed by atoms with Crippen LogP contribution in [0, 0.1) is 0 Å². The van der Waals surface area contributed by atoms with Crippen LogP contribution >= 0.6 is 0 Å². The van der Waals surface area contributed by atoms with Gasteiger partial charge in [0.15, 0.2) is 0 Å². The van der Waals surface area contributed by atoms with Gasteiger partial charge in [-0.15, -0.1) is 0 Å². The second kappa shape index (κ2) is 5.21. The zero-order valence-electron chi connectivity index (χ0n) is 10.6. The number of anilines is 1. The number of hydrogen-bond donors (Lipinski definition) is 1. The van der Waals surface area contributed by atoms with Crippen LogP contribution in [0.2, 0.25) is 0 Å². The van der Waals surface area contributed by atoms with Crippen molar-refractivity contribution in [1.29, 1.82) is 0 Å². The van der Waals surface area contributed by atoms with Crippen molar-refractivity contribution >= 4 is 11.7 Å². The molecule has 0 fully saturated rings. The Bertz CT molecular complexity index is 401. The first-order valence-electron chi connectivity index (χ1n) is 6.34. The molecule has 3 nitrogen and oxygen atoms in total. The van der Waals surface area contributed by atoms with Gasteiger partial charge in [0, 0.05) is 18.3 Å². The number of nitrogens with one attached hydrogen (secondary N) is 1. The minimum absolute atomic E-state index is 0.0225. The van der Waals surface area contributed by atoms with Gasteiger partial charge >= 0.3 is 6.03 Å². The van der Waals surface area contributed by atoms with E-state index >= 15 is 0 Å². The van der Waals surface area contributed by atoms with Crippen LogP contribution in [-0.2, 0) is 6.42 Å². The van der Waals surface area contributed by atoms with E-state index in [4.69, 9.17) is 0 Å². The molecule has 1 aliphatic heterocycles. The van der Waals surface area contributed by atoms with Crippen LogP contribution < -0.4 is 10.2 Å². The smallest absolute Gasteiger partial charge is 0.322 e. The molecule has 1 heterocycles. The van der Waals surface area contributed by atoms with Crippen molar-refractivity contribution in [3.8, 4) is 0 Å². The van der Waals surface area contributed by atoms with Crippen molar-refractivity contribution in [3.63, 3.8) is 0 Å².